The van der Waals surface area contributed by atoms with E-state index in [1.54, 1.807) is 23.8 Å². The highest BCUT2D eigenvalue weighted by atomic mass is 32.1. The van der Waals surface area contributed by atoms with Crippen molar-refractivity contribution >= 4 is 28.9 Å². The molecule has 2 heterocycles. The van der Waals surface area contributed by atoms with Crippen LogP contribution in [0.15, 0.2) is 36.0 Å². The molecule has 0 spiro atoms. The molecule has 1 amide bonds. The summed E-state index contributed by atoms with van der Waals surface area (Å²) in [5.74, 6) is -1.22. The van der Waals surface area contributed by atoms with Crippen LogP contribution in [0.25, 0.3) is 0 Å². The molecule has 0 saturated carbocycles. The molecule has 6 heteroatoms. The van der Waals surface area contributed by atoms with E-state index in [0.29, 0.717) is 18.5 Å². The molecule has 0 saturated heterocycles. The monoisotopic (exact) mass is 276 g/mol. The zero-order chi connectivity index (χ0) is 13.7. The van der Waals surface area contributed by atoms with E-state index < -0.39 is 5.97 Å². The number of anilines is 1. The molecule has 0 aliphatic carbocycles. The average molecular weight is 276 g/mol. The van der Waals surface area contributed by atoms with E-state index in [1.165, 1.54) is 0 Å². The summed E-state index contributed by atoms with van der Waals surface area (Å²) in [6.07, 6.45) is 4.25. The third kappa shape index (κ3) is 3.62. The van der Waals surface area contributed by atoms with Gasteiger partial charge in [-0.2, -0.15) is 0 Å². The van der Waals surface area contributed by atoms with E-state index >= 15 is 0 Å². The van der Waals surface area contributed by atoms with Crippen molar-refractivity contribution in [2.24, 2.45) is 0 Å². The Labute approximate surface area is 113 Å². The van der Waals surface area contributed by atoms with Gasteiger partial charge in [0.1, 0.15) is 4.88 Å². The summed E-state index contributed by atoms with van der Waals surface area (Å²) in [7, 11) is 0. The first-order valence-electron chi connectivity index (χ1n) is 5.66. The van der Waals surface area contributed by atoms with Crippen LogP contribution in [0.4, 0.5) is 5.69 Å². The van der Waals surface area contributed by atoms with Gasteiger partial charge in [-0.1, -0.05) is 0 Å². The number of amides is 1. The second-order valence-electron chi connectivity index (χ2n) is 3.87. The van der Waals surface area contributed by atoms with Crippen molar-refractivity contribution in [3.8, 4) is 0 Å². The highest BCUT2D eigenvalue weighted by Crippen LogP contribution is 2.22. The molecule has 0 aliphatic heterocycles. The number of carbonyl (C=O) groups excluding carboxylic acids is 1. The van der Waals surface area contributed by atoms with Crippen molar-refractivity contribution in [1.82, 2.24) is 4.98 Å². The van der Waals surface area contributed by atoms with Gasteiger partial charge in [0.05, 0.1) is 5.69 Å². The lowest BCUT2D eigenvalue weighted by atomic mass is 10.1. The number of aryl methyl sites for hydroxylation is 1. The fourth-order valence-electron chi connectivity index (χ4n) is 1.59. The number of carboxylic acid groups (broad SMARTS) is 1. The number of nitrogens with zero attached hydrogens (tertiary/aromatic N) is 1. The van der Waals surface area contributed by atoms with Crippen LogP contribution in [-0.2, 0) is 11.2 Å². The van der Waals surface area contributed by atoms with Crippen molar-refractivity contribution in [2.45, 2.75) is 12.8 Å². The molecule has 5 nitrogen and oxygen atoms in total. The second-order valence-corrected chi connectivity index (χ2v) is 4.79. The Morgan fingerprint density at radius 3 is 2.68 bits per heavy atom. The maximum absolute atomic E-state index is 11.7. The topological polar surface area (TPSA) is 79.3 Å². The van der Waals surface area contributed by atoms with E-state index in [9.17, 15) is 9.59 Å². The summed E-state index contributed by atoms with van der Waals surface area (Å²) >= 11 is 1.09. The Morgan fingerprint density at radius 2 is 2.00 bits per heavy atom. The zero-order valence-electron chi connectivity index (χ0n) is 10.00. The number of hydrogen-bond donors (Lipinski definition) is 2. The van der Waals surface area contributed by atoms with Gasteiger partial charge in [0.2, 0.25) is 5.91 Å². The van der Waals surface area contributed by atoms with Crippen molar-refractivity contribution in [3.63, 3.8) is 0 Å². The molecule has 0 fully saturated rings. The predicted molar refractivity (Wildman–Crippen MR) is 72.5 cm³/mol. The summed E-state index contributed by atoms with van der Waals surface area (Å²) < 4.78 is 0. The van der Waals surface area contributed by atoms with Gasteiger partial charge in [-0.05, 0) is 35.6 Å². The number of aromatic nitrogens is 1. The van der Waals surface area contributed by atoms with Gasteiger partial charge in [0.25, 0.3) is 0 Å². The number of aromatic carboxylic acids is 1. The molecule has 0 bridgehead atoms. The lowest BCUT2D eigenvalue weighted by molar-refractivity contribution is -0.116. The SMILES string of the molecule is O=C(CCc1ccncc1)Nc1ccsc1C(=O)O. The maximum Gasteiger partial charge on any atom is 0.348 e. The fraction of sp³-hybridized carbons (Fsp3) is 0.154. The molecular formula is C13H12N2O3S. The van der Waals surface area contributed by atoms with E-state index in [4.69, 9.17) is 5.11 Å². The third-order valence-electron chi connectivity index (χ3n) is 2.52. The minimum absolute atomic E-state index is 0.150. The Kier molecular flexibility index (Phi) is 4.25. The van der Waals surface area contributed by atoms with Crippen LogP contribution in [0.3, 0.4) is 0 Å². The van der Waals surface area contributed by atoms with Crippen molar-refractivity contribution in [1.29, 1.82) is 0 Å². The third-order valence-corrected chi connectivity index (χ3v) is 3.43. The molecule has 0 unspecified atom stereocenters. The standard InChI is InChI=1S/C13H12N2O3S/c16-11(2-1-9-3-6-14-7-4-9)15-10-5-8-19-12(10)13(17)18/h3-8H,1-2H2,(H,15,16)(H,17,18). The molecule has 0 aromatic carbocycles. The summed E-state index contributed by atoms with van der Waals surface area (Å²) in [4.78, 5) is 26.7. The van der Waals surface area contributed by atoms with E-state index in [0.717, 1.165) is 16.9 Å². The summed E-state index contributed by atoms with van der Waals surface area (Å²) in [5.41, 5.74) is 1.38. The molecule has 2 rings (SSSR count). The Morgan fingerprint density at radius 1 is 1.26 bits per heavy atom. The van der Waals surface area contributed by atoms with Gasteiger partial charge in [-0.3, -0.25) is 9.78 Å². The first-order valence-corrected chi connectivity index (χ1v) is 6.54. The molecule has 0 atom stereocenters. The molecule has 0 radical (unpaired) electrons. The first-order chi connectivity index (χ1) is 9.16. The number of thiophene rings is 1. The second kappa shape index (κ2) is 6.10. The number of rotatable bonds is 5. The molecule has 2 N–H and O–H groups in total. The molecule has 98 valence electrons. The normalized spacial score (nSPS) is 10.1. The quantitative estimate of drug-likeness (QED) is 0.879. The Hall–Kier alpha value is -2.21. The van der Waals surface area contributed by atoms with Crippen LogP contribution in [0.1, 0.15) is 21.7 Å². The molecular weight excluding hydrogens is 264 g/mol. The average Bonchev–Trinajstić information content (AvgIpc) is 2.86. The zero-order valence-corrected chi connectivity index (χ0v) is 10.8. The van der Waals surface area contributed by atoms with E-state index in [-0.39, 0.29) is 10.8 Å². The molecule has 2 aromatic rings. The van der Waals surface area contributed by atoms with E-state index in [1.807, 2.05) is 12.1 Å². The summed E-state index contributed by atoms with van der Waals surface area (Å²) in [6, 6.07) is 5.29. The molecule has 0 aliphatic rings. The maximum atomic E-state index is 11.7. The lowest BCUT2D eigenvalue weighted by Crippen LogP contribution is -2.13. The van der Waals surface area contributed by atoms with Gasteiger partial charge < -0.3 is 10.4 Å². The first kappa shape index (κ1) is 13.2. The smallest absolute Gasteiger partial charge is 0.348 e. The largest absolute Gasteiger partial charge is 0.477 e. The highest BCUT2D eigenvalue weighted by molar-refractivity contribution is 7.12. The van der Waals surface area contributed by atoms with Crippen LogP contribution >= 0.6 is 11.3 Å². The lowest BCUT2D eigenvalue weighted by Gasteiger charge is -2.04. The van der Waals surface area contributed by atoms with Gasteiger partial charge in [0.15, 0.2) is 0 Å². The number of hydrogen-bond acceptors (Lipinski definition) is 4. The molecule has 19 heavy (non-hydrogen) atoms. The minimum Gasteiger partial charge on any atom is -0.477 e. The predicted octanol–water partition coefficient (Wildman–Crippen LogP) is 2.41. The summed E-state index contributed by atoms with van der Waals surface area (Å²) in [6.45, 7) is 0. The van der Waals surface area contributed by atoms with Gasteiger partial charge in [-0.15, -0.1) is 11.3 Å². The van der Waals surface area contributed by atoms with Crippen LogP contribution in [0.2, 0.25) is 0 Å². The number of nitrogens with one attached hydrogen (secondary N) is 1. The van der Waals surface area contributed by atoms with Crippen LogP contribution < -0.4 is 5.32 Å². The number of carboxylic acids is 1. The van der Waals surface area contributed by atoms with Crippen LogP contribution in [0.5, 0.6) is 0 Å². The minimum atomic E-state index is -1.03. The Bertz CT molecular complexity index is 581. The van der Waals surface area contributed by atoms with E-state index in [2.05, 4.69) is 10.3 Å². The highest BCUT2D eigenvalue weighted by Gasteiger charge is 2.13. The van der Waals surface area contributed by atoms with Crippen LogP contribution in [0, 0.1) is 0 Å². The van der Waals surface area contributed by atoms with Gasteiger partial charge in [-0.25, -0.2) is 4.79 Å². The van der Waals surface area contributed by atoms with Gasteiger partial charge in [0, 0.05) is 18.8 Å². The molecule has 2 aromatic heterocycles. The van der Waals surface area contributed by atoms with Crippen molar-refractivity contribution in [2.75, 3.05) is 5.32 Å². The number of pyridine rings is 1. The number of carbonyl (C=O) groups is 2. The Balaban J connectivity index is 1.91. The van der Waals surface area contributed by atoms with Crippen molar-refractivity contribution in [3.05, 3.63) is 46.4 Å². The van der Waals surface area contributed by atoms with Crippen LogP contribution in [-0.4, -0.2) is 22.0 Å². The van der Waals surface area contributed by atoms with Gasteiger partial charge >= 0.3 is 5.97 Å². The van der Waals surface area contributed by atoms with Crippen molar-refractivity contribution < 1.29 is 14.7 Å². The fourth-order valence-corrected chi connectivity index (χ4v) is 2.28. The summed E-state index contributed by atoms with van der Waals surface area (Å²) in [5, 5.41) is 13.2.